The van der Waals surface area contributed by atoms with Gasteiger partial charge in [-0.2, -0.15) is 0 Å². The molecule has 1 N–H and O–H groups in total. The van der Waals surface area contributed by atoms with Gasteiger partial charge in [0.15, 0.2) is 12.7 Å². The molecule has 0 radical (unpaired) electrons. The van der Waals surface area contributed by atoms with E-state index in [9.17, 15) is 14.7 Å². The summed E-state index contributed by atoms with van der Waals surface area (Å²) >= 11 is 3.25. The minimum absolute atomic E-state index is 0.275. The third-order valence-corrected chi connectivity index (χ3v) is 2.64. The van der Waals surface area contributed by atoms with Gasteiger partial charge in [-0.1, -0.05) is 28.1 Å². The van der Waals surface area contributed by atoms with Crippen LogP contribution in [0.3, 0.4) is 0 Å². The zero-order valence-electron chi connectivity index (χ0n) is 10.6. The van der Waals surface area contributed by atoms with Gasteiger partial charge in [0.05, 0.1) is 6.10 Å². The third kappa shape index (κ3) is 5.40. The molecule has 19 heavy (non-hydrogen) atoms. The van der Waals surface area contributed by atoms with Crippen LogP contribution in [0.5, 0.6) is 0 Å². The SMILES string of the molecule is CC(C)OC(=O)COC(=O)[C@H](O)c1ccc(Br)cc1. The van der Waals surface area contributed by atoms with Gasteiger partial charge in [0, 0.05) is 4.47 Å². The monoisotopic (exact) mass is 330 g/mol. The summed E-state index contributed by atoms with van der Waals surface area (Å²) in [6.45, 7) is 2.87. The normalized spacial score (nSPS) is 12.1. The zero-order chi connectivity index (χ0) is 14.4. The summed E-state index contributed by atoms with van der Waals surface area (Å²) < 4.78 is 10.3. The Morgan fingerprint density at radius 2 is 1.84 bits per heavy atom. The number of hydrogen-bond acceptors (Lipinski definition) is 5. The molecule has 5 nitrogen and oxygen atoms in total. The van der Waals surface area contributed by atoms with Crippen molar-refractivity contribution in [2.75, 3.05) is 6.61 Å². The van der Waals surface area contributed by atoms with E-state index in [1.54, 1.807) is 38.1 Å². The van der Waals surface area contributed by atoms with E-state index in [1.165, 1.54) is 0 Å². The minimum atomic E-state index is -1.42. The van der Waals surface area contributed by atoms with Gasteiger partial charge in [-0.3, -0.25) is 0 Å². The van der Waals surface area contributed by atoms with Crippen LogP contribution < -0.4 is 0 Å². The lowest BCUT2D eigenvalue weighted by molar-refractivity contribution is -0.166. The van der Waals surface area contributed by atoms with Crippen molar-refractivity contribution in [1.29, 1.82) is 0 Å². The number of rotatable bonds is 5. The summed E-state index contributed by atoms with van der Waals surface area (Å²) in [7, 11) is 0. The lowest BCUT2D eigenvalue weighted by Gasteiger charge is -2.12. The number of ether oxygens (including phenoxy) is 2. The van der Waals surface area contributed by atoms with Crippen molar-refractivity contribution >= 4 is 27.9 Å². The number of aliphatic hydroxyl groups is 1. The van der Waals surface area contributed by atoms with E-state index >= 15 is 0 Å². The van der Waals surface area contributed by atoms with Gasteiger partial charge in [0.1, 0.15) is 0 Å². The molecule has 0 aliphatic carbocycles. The predicted molar refractivity (Wildman–Crippen MR) is 71.3 cm³/mol. The van der Waals surface area contributed by atoms with E-state index in [2.05, 4.69) is 20.7 Å². The highest BCUT2D eigenvalue weighted by molar-refractivity contribution is 9.10. The summed E-state index contributed by atoms with van der Waals surface area (Å²) in [5.74, 6) is -1.53. The molecule has 0 bridgehead atoms. The molecule has 0 saturated carbocycles. The average molecular weight is 331 g/mol. The number of aliphatic hydroxyl groups excluding tert-OH is 1. The first kappa shape index (κ1) is 15.7. The number of carbonyl (C=O) groups is 2. The van der Waals surface area contributed by atoms with Crippen molar-refractivity contribution in [1.82, 2.24) is 0 Å². The lowest BCUT2D eigenvalue weighted by Crippen LogP contribution is -2.22. The fraction of sp³-hybridized carbons (Fsp3) is 0.385. The molecular weight excluding hydrogens is 316 g/mol. The second kappa shape index (κ2) is 7.25. The summed E-state index contributed by atoms with van der Waals surface area (Å²) in [6.07, 6.45) is -1.69. The molecule has 1 aromatic carbocycles. The maximum atomic E-state index is 11.5. The van der Waals surface area contributed by atoms with Crippen molar-refractivity contribution in [2.24, 2.45) is 0 Å². The standard InChI is InChI=1S/C13H15BrO5/c1-8(2)19-11(15)7-18-13(17)12(16)9-3-5-10(14)6-4-9/h3-6,8,12,16H,7H2,1-2H3/t12-/m1/s1. The second-order valence-corrected chi connectivity index (χ2v) is 5.02. The van der Waals surface area contributed by atoms with Crippen LogP contribution in [0.4, 0.5) is 0 Å². The molecule has 104 valence electrons. The number of carbonyl (C=O) groups excluding carboxylic acids is 2. The Balaban J connectivity index is 2.49. The van der Waals surface area contributed by atoms with Gasteiger partial charge in [0.2, 0.25) is 0 Å². The molecule has 0 aromatic heterocycles. The van der Waals surface area contributed by atoms with E-state index in [4.69, 9.17) is 4.74 Å². The quantitative estimate of drug-likeness (QED) is 0.835. The molecule has 0 fully saturated rings. The van der Waals surface area contributed by atoms with E-state index in [0.29, 0.717) is 5.56 Å². The van der Waals surface area contributed by atoms with Crippen molar-refractivity contribution < 1.29 is 24.2 Å². The first-order valence-electron chi connectivity index (χ1n) is 5.70. The number of benzene rings is 1. The van der Waals surface area contributed by atoms with Gasteiger partial charge >= 0.3 is 11.9 Å². The highest BCUT2D eigenvalue weighted by Crippen LogP contribution is 2.17. The molecule has 0 saturated heterocycles. The van der Waals surface area contributed by atoms with Crippen LogP contribution in [0.15, 0.2) is 28.7 Å². The molecule has 0 spiro atoms. The Hall–Kier alpha value is -1.40. The summed E-state index contributed by atoms with van der Waals surface area (Å²) in [4.78, 5) is 22.7. The molecule has 6 heteroatoms. The van der Waals surface area contributed by atoms with Crippen LogP contribution in [0.25, 0.3) is 0 Å². The highest BCUT2D eigenvalue weighted by Gasteiger charge is 2.20. The van der Waals surface area contributed by atoms with Gasteiger partial charge in [-0.25, -0.2) is 9.59 Å². The minimum Gasteiger partial charge on any atom is -0.460 e. The lowest BCUT2D eigenvalue weighted by atomic mass is 10.1. The van der Waals surface area contributed by atoms with Crippen LogP contribution >= 0.6 is 15.9 Å². The first-order chi connectivity index (χ1) is 8.90. The van der Waals surface area contributed by atoms with Crippen LogP contribution in [0, 0.1) is 0 Å². The molecule has 1 atom stereocenters. The molecule has 1 aromatic rings. The van der Waals surface area contributed by atoms with Crippen LogP contribution in [0.1, 0.15) is 25.5 Å². The molecule has 0 aliphatic rings. The van der Waals surface area contributed by atoms with Crippen LogP contribution in [-0.4, -0.2) is 29.8 Å². The Bertz CT molecular complexity index is 441. The Labute approximate surface area is 119 Å². The average Bonchev–Trinajstić information content (AvgIpc) is 2.35. The molecule has 0 aliphatic heterocycles. The maximum Gasteiger partial charge on any atom is 0.344 e. The fourth-order valence-electron chi connectivity index (χ4n) is 1.29. The number of esters is 2. The van der Waals surface area contributed by atoms with Crippen LogP contribution in [-0.2, 0) is 19.1 Å². The van der Waals surface area contributed by atoms with Crippen LogP contribution in [0.2, 0.25) is 0 Å². The number of hydrogen-bond donors (Lipinski definition) is 1. The van der Waals surface area contributed by atoms with Gasteiger partial charge in [-0.05, 0) is 31.5 Å². The number of halogens is 1. The highest BCUT2D eigenvalue weighted by atomic mass is 79.9. The Kier molecular flexibility index (Phi) is 5.98. The topological polar surface area (TPSA) is 72.8 Å². The molecule has 0 heterocycles. The Morgan fingerprint density at radius 1 is 1.26 bits per heavy atom. The summed E-state index contributed by atoms with van der Waals surface area (Å²) in [5, 5.41) is 9.73. The largest absolute Gasteiger partial charge is 0.460 e. The van der Waals surface area contributed by atoms with Crippen molar-refractivity contribution in [3.63, 3.8) is 0 Å². The third-order valence-electron chi connectivity index (χ3n) is 2.11. The van der Waals surface area contributed by atoms with E-state index in [1.807, 2.05) is 0 Å². The second-order valence-electron chi connectivity index (χ2n) is 4.10. The van der Waals surface area contributed by atoms with Crippen molar-refractivity contribution in [3.8, 4) is 0 Å². The maximum absolute atomic E-state index is 11.5. The summed E-state index contributed by atoms with van der Waals surface area (Å²) in [5.41, 5.74) is 0.394. The molecular formula is C13H15BrO5. The van der Waals surface area contributed by atoms with Gasteiger partial charge in [-0.15, -0.1) is 0 Å². The molecule has 1 rings (SSSR count). The van der Waals surface area contributed by atoms with E-state index in [-0.39, 0.29) is 6.10 Å². The molecule has 0 unspecified atom stereocenters. The smallest absolute Gasteiger partial charge is 0.344 e. The van der Waals surface area contributed by atoms with Gasteiger partial charge < -0.3 is 14.6 Å². The first-order valence-corrected chi connectivity index (χ1v) is 6.49. The van der Waals surface area contributed by atoms with Crippen molar-refractivity contribution in [2.45, 2.75) is 26.1 Å². The fourth-order valence-corrected chi connectivity index (χ4v) is 1.55. The summed E-state index contributed by atoms with van der Waals surface area (Å²) in [6, 6.07) is 6.56. The van der Waals surface area contributed by atoms with Gasteiger partial charge in [0.25, 0.3) is 0 Å². The predicted octanol–water partition coefficient (Wildman–Crippen LogP) is 1.98. The zero-order valence-corrected chi connectivity index (χ0v) is 12.2. The van der Waals surface area contributed by atoms with Crippen molar-refractivity contribution in [3.05, 3.63) is 34.3 Å². The Morgan fingerprint density at radius 3 is 2.37 bits per heavy atom. The molecule has 0 amide bonds. The van der Waals surface area contributed by atoms with E-state index in [0.717, 1.165) is 4.47 Å². The van der Waals surface area contributed by atoms with E-state index < -0.39 is 24.6 Å².